The van der Waals surface area contributed by atoms with Crippen LogP contribution in [0.3, 0.4) is 0 Å². The van der Waals surface area contributed by atoms with Crippen molar-refractivity contribution in [3.63, 3.8) is 0 Å². The van der Waals surface area contributed by atoms with Gasteiger partial charge >= 0.3 is 5.97 Å². The Balaban J connectivity index is 2.77. The Hall–Kier alpha value is -0.870. The van der Waals surface area contributed by atoms with Gasteiger partial charge in [0, 0.05) is 0 Å². The van der Waals surface area contributed by atoms with Crippen molar-refractivity contribution in [3.8, 4) is 0 Å². The van der Waals surface area contributed by atoms with Crippen LogP contribution in [0.25, 0.3) is 0 Å². The van der Waals surface area contributed by atoms with E-state index in [-0.39, 0.29) is 30.5 Å². The lowest BCUT2D eigenvalue weighted by molar-refractivity contribution is -0.282. The molecule has 0 radical (unpaired) electrons. The van der Waals surface area contributed by atoms with Gasteiger partial charge in [-0.1, -0.05) is 20.4 Å². The monoisotopic (exact) mass is 284 g/mol. The van der Waals surface area contributed by atoms with Gasteiger partial charge in [0.1, 0.15) is 5.60 Å². The van der Waals surface area contributed by atoms with Gasteiger partial charge in [0.25, 0.3) is 0 Å². The predicted molar refractivity (Wildman–Crippen MR) is 78.3 cm³/mol. The molecule has 0 aliphatic carbocycles. The highest BCUT2D eigenvalue weighted by atomic mass is 16.7. The summed E-state index contributed by atoms with van der Waals surface area (Å²) in [5, 5.41) is 0. The van der Waals surface area contributed by atoms with Crippen molar-refractivity contribution < 1.29 is 19.0 Å². The number of ether oxygens (including phenoxy) is 3. The van der Waals surface area contributed by atoms with Gasteiger partial charge in [-0.3, -0.25) is 4.79 Å². The van der Waals surface area contributed by atoms with Gasteiger partial charge in [-0.15, -0.1) is 0 Å². The summed E-state index contributed by atoms with van der Waals surface area (Å²) in [7, 11) is 0. The van der Waals surface area contributed by atoms with E-state index in [1.54, 1.807) is 0 Å². The second-order valence-corrected chi connectivity index (χ2v) is 7.15. The molecule has 0 amide bonds. The fourth-order valence-electron chi connectivity index (χ4n) is 2.28. The first-order chi connectivity index (χ1) is 8.91. The van der Waals surface area contributed by atoms with Gasteiger partial charge < -0.3 is 14.2 Å². The number of carbonyl (C=O) groups is 1. The van der Waals surface area contributed by atoms with E-state index < -0.39 is 11.4 Å². The molecular formula is C16H28O4. The maximum Gasteiger partial charge on any atom is 0.309 e. The van der Waals surface area contributed by atoms with Crippen LogP contribution in [-0.4, -0.2) is 29.6 Å². The van der Waals surface area contributed by atoms with Crippen LogP contribution in [0.2, 0.25) is 0 Å². The second-order valence-electron chi connectivity index (χ2n) is 7.15. The Kier molecular flexibility index (Phi) is 5.03. The van der Waals surface area contributed by atoms with E-state index in [4.69, 9.17) is 14.2 Å². The first-order valence-corrected chi connectivity index (χ1v) is 7.17. The smallest absolute Gasteiger partial charge is 0.309 e. The molecule has 1 fully saturated rings. The zero-order valence-electron chi connectivity index (χ0n) is 13.8. The molecule has 1 aliphatic heterocycles. The van der Waals surface area contributed by atoms with Crippen molar-refractivity contribution in [2.75, 3.05) is 0 Å². The Labute approximate surface area is 122 Å². The van der Waals surface area contributed by atoms with Gasteiger partial charge in [0.05, 0.1) is 18.6 Å². The molecule has 1 aliphatic rings. The molecule has 4 nitrogen and oxygen atoms in total. The molecule has 116 valence electrons. The molecule has 0 aromatic carbocycles. The van der Waals surface area contributed by atoms with Crippen LogP contribution in [0.5, 0.6) is 0 Å². The summed E-state index contributed by atoms with van der Waals surface area (Å²) in [6.45, 7) is 17.5. The minimum absolute atomic E-state index is 0.105. The Bertz CT molecular complexity index is 376. The van der Waals surface area contributed by atoms with Gasteiger partial charge in [0.2, 0.25) is 0 Å². The van der Waals surface area contributed by atoms with E-state index in [9.17, 15) is 4.79 Å². The number of hydrogen-bond donors (Lipinski definition) is 0. The SMILES string of the molecule is C=C1[C@@H](CC(=O)OC(C)(C)C)OC(C)(C)O[C@@H]1C(C)C. The van der Waals surface area contributed by atoms with Crippen LogP contribution in [0.1, 0.15) is 54.9 Å². The standard InChI is InChI=1S/C16H28O4/c1-10(2)14-11(3)12(18-16(7,8)20-14)9-13(17)19-15(4,5)6/h10,12,14H,3,9H2,1-2,4-8H3/t12-,14-/m1/s1. The molecule has 1 heterocycles. The van der Waals surface area contributed by atoms with Crippen LogP contribution in [0, 0.1) is 5.92 Å². The molecule has 4 heteroatoms. The molecule has 0 unspecified atom stereocenters. The third-order valence-corrected chi connectivity index (χ3v) is 2.99. The molecule has 2 atom stereocenters. The van der Waals surface area contributed by atoms with E-state index in [1.165, 1.54) is 0 Å². The van der Waals surface area contributed by atoms with Crippen molar-refractivity contribution in [2.45, 2.75) is 78.5 Å². The molecule has 0 saturated carbocycles. The number of esters is 1. The Morgan fingerprint density at radius 1 is 1.35 bits per heavy atom. The van der Waals surface area contributed by atoms with Crippen LogP contribution < -0.4 is 0 Å². The summed E-state index contributed by atoms with van der Waals surface area (Å²) in [4.78, 5) is 12.0. The second kappa shape index (κ2) is 5.86. The summed E-state index contributed by atoms with van der Waals surface area (Å²) < 4.78 is 17.1. The molecule has 1 rings (SSSR count). The molecule has 0 aromatic rings. The zero-order valence-corrected chi connectivity index (χ0v) is 13.8. The molecule has 0 N–H and O–H groups in total. The Morgan fingerprint density at radius 3 is 2.35 bits per heavy atom. The third-order valence-electron chi connectivity index (χ3n) is 2.99. The van der Waals surface area contributed by atoms with Crippen molar-refractivity contribution >= 4 is 5.97 Å². The van der Waals surface area contributed by atoms with Gasteiger partial charge in [-0.05, 0) is 46.1 Å². The van der Waals surface area contributed by atoms with Crippen LogP contribution >= 0.6 is 0 Å². The average Bonchev–Trinajstić information content (AvgIpc) is 2.19. The first-order valence-electron chi connectivity index (χ1n) is 7.17. The number of rotatable bonds is 3. The van der Waals surface area contributed by atoms with Crippen molar-refractivity contribution in [2.24, 2.45) is 5.92 Å². The highest BCUT2D eigenvalue weighted by molar-refractivity contribution is 5.71. The van der Waals surface area contributed by atoms with E-state index in [2.05, 4.69) is 20.4 Å². The van der Waals surface area contributed by atoms with E-state index in [0.717, 1.165) is 5.57 Å². The molecule has 20 heavy (non-hydrogen) atoms. The maximum atomic E-state index is 12.0. The lowest BCUT2D eigenvalue weighted by Crippen LogP contribution is -2.48. The van der Waals surface area contributed by atoms with E-state index in [0.29, 0.717) is 0 Å². The molecular weight excluding hydrogens is 256 g/mol. The summed E-state index contributed by atoms with van der Waals surface area (Å²) in [5.74, 6) is -0.710. The average molecular weight is 284 g/mol. The zero-order chi connectivity index (χ0) is 15.7. The quantitative estimate of drug-likeness (QED) is 0.588. The summed E-state index contributed by atoms with van der Waals surface area (Å²) in [6, 6.07) is 0. The lowest BCUT2D eigenvalue weighted by atomic mass is 9.92. The molecule has 0 spiro atoms. The predicted octanol–water partition coefficient (Wildman–Crippen LogP) is 3.45. The summed E-state index contributed by atoms with van der Waals surface area (Å²) in [6.07, 6.45) is -0.293. The lowest BCUT2D eigenvalue weighted by Gasteiger charge is -2.43. The maximum absolute atomic E-state index is 12.0. The van der Waals surface area contributed by atoms with Crippen LogP contribution in [0.15, 0.2) is 12.2 Å². The molecule has 0 bridgehead atoms. The van der Waals surface area contributed by atoms with E-state index in [1.807, 2.05) is 34.6 Å². The number of carbonyl (C=O) groups excluding carboxylic acids is 1. The minimum atomic E-state index is -0.719. The highest BCUT2D eigenvalue weighted by Crippen LogP contribution is 2.34. The summed E-state index contributed by atoms with van der Waals surface area (Å²) in [5.41, 5.74) is 0.321. The minimum Gasteiger partial charge on any atom is -0.460 e. The highest BCUT2D eigenvalue weighted by Gasteiger charge is 2.40. The van der Waals surface area contributed by atoms with E-state index >= 15 is 0 Å². The van der Waals surface area contributed by atoms with Gasteiger partial charge in [0.15, 0.2) is 5.79 Å². The van der Waals surface area contributed by atoms with Crippen molar-refractivity contribution in [1.82, 2.24) is 0 Å². The Morgan fingerprint density at radius 2 is 1.90 bits per heavy atom. The molecule has 1 saturated heterocycles. The van der Waals surface area contributed by atoms with Crippen molar-refractivity contribution in [3.05, 3.63) is 12.2 Å². The van der Waals surface area contributed by atoms with Gasteiger partial charge in [-0.2, -0.15) is 0 Å². The van der Waals surface area contributed by atoms with Crippen molar-refractivity contribution in [1.29, 1.82) is 0 Å². The normalized spacial score (nSPS) is 26.7. The fraction of sp³-hybridized carbons (Fsp3) is 0.812. The number of hydrogen-bond acceptors (Lipinski definition) is 4. The van der Waals surface area contributed by atoms with Crippen LogP contribution in [0.4, 0.5) is 0 Å². The summed E-state index contributed by atoms with van der Waals surface area (Å²) >= 11 is 0. The van der Waals surface area contributed by atoms with Crippen LogP contribution in [-0.2, 0) is 19.0 Å². The largest absolute Gasteiger partial charge is 0.460 e. The fourth-order valence-corrected chi connectivity index (χ4v) is 2.28. The van der Waals surface area contributed by atoms with Gasteiger partial charge in [-0.25, -0.2) is 0 Å². The molecule has 0 aromatic heterocycles. The topological polar surface area (TPSA) is 44.8 Å². The first kappa shape index (κ1) is 17.2. The third kappa shape index (κ3) is 4.91.